The van der Waals surface area contributed by atoms with Crippen molar-refractivity contribution in [2.24, 2.45) is 0 Å². The molecule has 27 heavy (non-hydrogen) atoms. The van der Waals surface area contributed by atoms with E-state index in [9.17, 15) is 4.79 Å². The normalized spacial score (nSPS) is 12.6. The van der Waals surface area contributed by atoms with Gasteiger partial charge >= 0.3 is 0 Å². The molecule has 3 aromatic rings. The van der Waals surface area contributed by atoms with E-state index < -0.39 is 6.10 Å². The Morgan fingerprint density at radius 2 is 2.00 bits per heavy atom. The van der Waals surface area contributed by atoms with Crippen LogP contribution >= 0.6 is 11.3 Å². The molecule has 142 valence electrons. The fourth-order valence-corrected chi connectivity index (χ4v) is 3.08. The minimum absolute atomic E-state index is 0.0769. The average Bonchev–Trinajstić information content (AvgIpc) is 3.30. The third-order valence-corrected chi connectivity index (χ3v) is 4.89. The first kappa shape index (κ1) is 19.1. The minimum atomic E-state index is -0.634. The molecule has 1 amide bonds. The van der Waals surface area contributed by atoms with Crippen molar-refractivity contribution >= 4 is 17.2 Å². The Bertz CT molecular complexity index is 880. The summed E-state index contributed by atoms with van der Waals surface area (Å²) in [7, 11) is 0. The molecule has 3 rings (SSSR count). The van der Waals surface area contributed by atoms with E-state index in [0.29, 0.717) is 17.5 Å². The summed E-state index contributed by atoms with van der Waals surface area (Å²) in [5, 5.41) is 8.62. The van der Waals surface area contributed by atoms with Crippen molar-refractivity contribution in [1.82, 2.24) is 15.5 Å². The molecule has 2 aromatic heterocycles. The van der Waals surface area contributed by atoms with Gasteiger partial charge in [0, 0.05) is 0 Å². The second-order valence-electron chi connectivity index (χ2n) is 7.24. The van der Waals surface area contributed by atoms with Gasteiger partial charge in [-0.25, -0.2) is 0 Å². The van der Waals surface area contributed by atoms with Crippen molar-refractivity contribution in [3.63, 3.8) is 0 Å². The lowest BCUT2D eigenvalue weighted by molar-refractivity contribution is -0.127. The number of aromatic nitrogens is 2. The van der Waals surface area contributed by atoms with Crippen molar-refractivity contribution in [1.29, 1.82) is 0 Å². The number of rotatable bonds is 6. The summed E-state index contributed by atoms with van der Waals surface area (Å²) in [6.45, 7) is 8.33. The summed E-state index contributed by atoms with van der Waals surface area (Å²) in [6.07, 6.45) is -0.634. The Morgan fingerprint density at radius 3 is 2.63 bits per heavy atom. The van der Waals surface area contributed by atoms with E-state index in [-0.39, 0.29) is 17.9 Å². The SMILES string of the molecule is C[C@H](Oc1ccc(C(C)(C)C)cc1)C(=O)NCc1nc(-c2cccs2)no1. The van der Waals surface area contributed by atoms with Crippen LogP contribution in [0.25, 0.3) is 10.7 Å². The van der Waals surface area contributed by atoms with Gasteiger partial charge in [-0.1, -0.05) is 44.1 Å². The maximum atomic E-state index is 12.3. The first-order valence-electron chi connectivity index (χ1n) is 8.74. The van der Waals surface area contributed by atoms with E-state index >= 15 is 0 Å². The summed E-state index contributed by atoms with van der Waals surface area (Å²) in [6, 6.07) is 11.6. The van der Waals surface area contributed by atoms with Crippen molar-refractivity contribution < 1.29 is 14.1 Å². The molecule has 1 N–H and O–H groups in total. The Kier molecular flexibility index (Phi) is 5.60. The number of hydrogen-bond acceptors (Lipinski definition) is 6. The minimum Gasteiger partial charge on any atom is -0.481 e. The van der Waals surface area contributed by atoms with Crippen LogP contribution < -0.4 is 10.1 Å². The predicted octanol–water partition coefficient (Wildman–Crippen LogP) is 4.18. The van der Waals surface area contributed by atoms with E-state index in [0.717, 1.165) is 4.88 Å². The lowest BCUT2D eigenvalue weighted by Crippen LogP contribution is -2.36. The molecule has 7 heteroatoms. The van der Waals surface area contributed by atoms with Gasteiger partial charge in [-0.05, 0) is 41.5 Å². The molecule has 0 spiro atoms. The zero-order valence-corrected chi connectivity index (χ0v) is 16.7. The number of hydrogen-bond donors (Lipinski definition) is 1. The fourth-order valence-electron chi connectivity index (χ4n) is 2.43. The summed E-state index contributed by atoms with van der Waals surface area (Å²) in [4.78, 5) is 17.5. The number of carbonyl (C=O) groups excluding carboxylic acids is 1. The summed E-state index contributed by atoms with van der Waals surface area (Å²) < 4.78 is 10.9. The van der Waals surface area contributed by atoms with Crippen LogP contribution in [0.5, 0.6) is 5.75 Å². The molecule has 0 fully saturated rings. The third-order valence-electron chi connectivity index (χ3n) is 4.03. The Labute approximate surface area is 162 Å². The van der Waals surface area contributed by atoms with Crippen molar-refractivity contribution in [3.8, 4) is 16.5 Å². The van der Waals surface area contributed by atoms with E-state index in [1.54, 1.807) is 6.92 Å². The molecule has 6 nitrogen and oxygen atoms in total. The molecule has 0 saturated heterocycles. The maximum absolute atomic E-state index is 12.3. The second-order valence-corrected chi connectivity index (χ2v) is 8.19. The highest BCUT2D eigenvalue weighted by molar-refractivity contribution is 7.13. The quantitative estimate of drug-likeness (QED) is 0.689. The largest absolute Gasteiger partial charge is 0.481 e. The lowest BCUT2D eigenvalue weighted by Gasteiger charge is -2.20. The molecule has 0 bridgehead atoms. The Morgan fingerprint density at radius 1 is 1.26 bits per heavy atom. The van der Waals surface area contributed by atoms with E-state index in [1.807, 2.05) is 41.8 Å². The number of thiophene rings is 1. The van der Waals surface area contributed by atoms with Gasteiger partial charge in [0.05, 0.1) is 11.4 Å². The molecule has 0 aliphatic carbocycles. The van der Waals surface area contributed by atoms with Gasteiger partial charge in [-0.3, -0.25) is 4.79 Å². The van der Waals surface area contributed by atoms with Crippen LogP contribution in [0.2, 0.25) is 0 Å². The Balaban J connectivity index is 1.52. The summed E-state index contributed by atoms with van der Waals surface area (Å²) in [5.41, 5.74) is 1.29. The zero-order valence-electron chi connectivity index (χ0n) is 15.9. The van der Waals surface area contributed by atoms with Gasteiger partial charge < -0.3 is 14.6 Å². The standard InChI is InChI=1S/C20H23N3O3S/c1-13(25-15-9-7-14(8-10-15)20(2,3)4)19(24)21-12-17-22-18(23-26-17)16-6-5-11-27-16/h5-11,13H,12H2,1-4H3,(H,21,24)/t13-/m0/s1. The van der Waals surface area contributed by atoms with E-state index in [1.165, 1.54) is 16.9 Å². The van der Waals surface area contributed by atoms with Crippen LogP contribution in [0.4, 0.5) is 0 Å². The molecule has 0 radical (unpaired) electrons. The highest BCUT2D eigenvalue weighted by Gasteiger charge is 2.18. The monoisotopic (exact) mass is 385 g/mol. The molecular weight excluding hydrogens is 362 g/mol. The Hall–Kier alpha value is -2.67. The molecule has 0 saturated carbocycles. The summed E-state index contributed by atoms with van der Waals surface area (Å²) in [5.74, 6) is 1.29. The fraction of sp³-hybridized carbons (Fsp3) is 0.350. The molecule has 1 aromatic carbocycles. The summed E-state index contributed by atoms with van der Waals surface area (Å²) >= 11 is 1.53. The smallest absolute Gasteiger partial charge is 0.261 e. The van der Waals surface area contributed by atoms with Gasteiger partial charge in [0.25, 0.3) is 5.91 Å². The number of amides is 1. The number of ether oxygens (including phenoxy) is 1. The van der Waals surface area contributed by atoms with Crippen LogP contribution in [0.3, 0.4) is 0 Å². The van der Waals surface area contributed by atoms with Gasteiger partial charge in [-0.15, -0.1) is 11.3 Å². The second kappa shape index (κ2) is 7.92. The topological polar surface area (TPSA) is 77.2 Å². The molecule has 2 heterocycles. The number of nitrogens with one attached hydrogen (secondary N) is 1. The molecular formula is C20H23N3O3S. The molecule has 0 aliphatic rings. The highest BCUT2D eigenvalue weighted by atomic mass is 32.1. The van der Waals surface area contributed by atoms with Gasteiger partial charge in [0.1, 0.15) is 5.75 Å². The van der Waals surface area contributed by atoms with Crippen molar-refractivity contribution in [3.05, 3.63) is 53.2 Å². The number of benzene rings is 1. The first-order valence-corrected chi connectivity index (χ1v) is 9.62. The van der Waals surface area contributed by atoms with Gasteiger partial charge in [-0.2, -0.15) is 4.98 Å². The van der Waals surface area contributed by atoms with Crippen LogP contribution in [0.15, 0.2) is 46.3 Å². The number of carbonyl (C=O) groups is 1. The van der Waals surface area contributed by atoms with Crippen LogP contribution in [-0.2, 0) is 16.8 Å². The molecule has 1 atom stereocenters. The average molecular weight is 385 g/mol. The van der Waals surface area contributed by atoms with Crippen LogP contribution in [0, 0.1) is 0 Å². The number of nitrogens with zero attached hydrogens (tertiary/aromatic N) is 2. The van der Waals surface area contributed by atoms with Gasteiger partial charge in [0.15, 0.2) is 6.10 Å². The van der Waals surface area contributed by atoms with Gasteiger partial charge in [0.2, 0.25) is 11.7 Å². The van der Waals surface area contributed by atoms with E-state index in [2.05, 4.69) is 36.2 Å². The van der Waals surface area contributed by atoms with E-state index in [4.69, 9.17) is 9.26 Å². The predicted molar refractivity (Wildman–Crippen MR) is 105 cm³/mol. The first-order chi connectivity index (χ1) is 12.8. The lowest BCUT2D eigenvalue weighted by atomic mass is 9.87. The van der Waals surface area contributed by atoms with Crippen molar-refractivity contribution in [2.45, 2.75) is 45.8 Å². The zero-order chi connectivity index (χ0) is 19.4. The highest BCUT2D eigenvalue weighted by Crippen LogP contribution is 2.25. The third kappa shape index (κ3) is 4.95. The molecule has 0 aliphatic heterocycles. The van der Waals surface area contributed by atoms with Crippen LogP contribution in [0.1, 0.15) is 39.1 Å². The van der Waals surface area contributed by atoms with Crippen LogP contribution in [-0.4, -0.2) is 22.2 Å². The molecule has 0 unspecified atom stereocenters. The van der Waals surface area contributed by atoms with Crippen molar-refractivity contribution in [2.75, 3.05) is 0 Å². The maximum Gasteiger partial charge on any atom is 0.261 e.